The second-order valence-corrected chi connectivity index (χ2v) is 8.46. The number of non-ortho nitro benzene ring substituents is 1. The maximum absolute atomic E-state index is 11.5. The van der Waals surface area contributed by atoms with Gasteiger partial charge in [-0.05, 0) is 48.4 Å². The van der Waals surface area contributed by atoms with Crippen molar-refractivity contribution in [1.29, 1.82) is 0 Å². The highest BCUT2D eigenvalue weighted by Crippen LogP contribution is 2.63. The average Bonchev–Trinajstić information content (AvgIpc) is 3.06. The van der Waals surface area contributed by atoms with Gasteiger partial charge in [-0.3, -0.25) is 25.7 Å². The summed E-state index contributed by atoms with van der Waals surface area (Å²) in [5.74, 6) is 0.731. The van der Waals surface area contributed by atoms with Crippen molar-refractivity contribution in [2.24, 2.45) is 10.5 Å². The Morgan fingerprint density at radius 3 is 2.68 bits per heavy atom. The summed E-state index contributed by atoms with van der Waals surface area (Å²) in [6.07, 6.45) is 6.24. The molecule has 2 atom stereocenters. The van der Waals surface area contributed by atoms with Crippen LogP contribution in [0.2, 0.25) is 0 Å². The lowest BCUT2D eigenvalue weighted by molar-refractivity contribution is -0.393. The molecule has 0 bridgehead atoms. The van der Waals surface area contributed by atoms with E-state index in [1.165, 1.54) is 17.7 Å². The Labute approximate surface area is 177 Å². The number of ether oxygens (including phenoxy) is 1. The molecule has 2 aromatic rings. The molecule has 9 nitrogen and oxygen atoms in total. The lowest BCUT2D eigenvalue weighted by atomic mass is 9.51. The Balaban J connectivity index is 1.57. The van der Waals surface area contributed by atoms with Crippen LogP contribution in [0.15, 0.2) is 59.2 Å². The third kappa shape index (κ3) is 2.80. The lowest BCUT2D eigenvalue weighted by Crippen LogP contribution is -2.60. The highest BCUT2D eigenvalue weighted by molar-refractivity contribution is 6.14. The number of allylic oxidation sites excluding steroid dienone is 1. The van der Waals surface area contributed by atoms with Crippen LogP contribution in [0.4, 0.5) is 17.1 Å². The molecule has 0 amide bonds. The molecular weight excluding hydrogens is 400 g/mol. The van der Waals surface area contributed by atoms with Gasteiger partial charge < -0.3 is 4.74 Å². The standard InChI is InChI=1S/C22H20N4O5/c1-21-11-5-4-8-19(21)22(13-21)20(15-6-2-3-7-18(15)31-22)24-23-16-10-9-14(25(27)28)12-17(16)26(29)30/h2-3,6-10,12,23H,4-5,11,13H2,1H3/b24-20+/t21-,22+/m1/s1. The van der Waals surface area contributed by atoms with Crippen LogP contribution >= 0.6 is 0 Å². The van der Waals surface area contributed by atoms with Crippen LogP contribution in [0.25, 0.3) is 0 Å². The van der Waals surface area contributed by atoms with E-state index < -0.39 is 21.1 Å². The third-order valence-corrected chi connectivity index (χ3v) is 6.49. The fraction of sp³-hybridized carbons (Fsp3) is 0.318. The molecule has 0 aromatic heterocycles. The number of hydrogen-bond acceptors (Lipinski definition) is 7. The molecule has 5 rings (SSSR count). The zero-order valence-corrected chi connectivity index (χ0v) is 16.8. The molecule has 1 aliphatic heterocycles. The quantitative estimate of drug-likeness (QED) is 0.423. The van der Waals surface area contributed by atoms with Crippen molar-refractivity contribution in [3.05, 3.63) is 79.9 Å². The van der Waals surface area contributed by atoms with E-state index in [0.717, 1.165) is 43.1 Å². The summed E-state index contributed by atoms with van der Waals surface area (Å²) in [5, 5.41) is 27.1. The largest absolute Gasteiger partial charge is 0.476 e. The smallest absolute Gasteiger partial charge is 0.301 e. The molecule has 31 heavy (non-hydrogen) atoms. The summed E-state index contributed by atoms with van der Waals surface area (Å²) in [6.45, 7) is 2.24. The number of para-hydroxylation sites is 1. The van der Waals surface area contributed by atoms with Crippen molar-refractivity contribution in [1.82, 2.24) is 0 Å². The first-order chi connectivity index (χ1) is 14.8. The number of anilines is 1. The van der Waals surface area contributed by atoms with Gasteiger partial charge in [0, 0.05) is 18.1 Å². The van der Waals surface area contributed by atoms with Crippen LogP contribution in [-0.2, 0) is 0 Å². The average molecular weight is 420 g/mol. The van der Waals surface area contributed by atoms with Crippen molar-refractivity contribution in [2.45, 2.75) is 38.2 Å². The number of rotatable bonds is 4. The van der Waals surface area contributed by atoms with Crippen LogP contribution < -0.4 is 10.2 Å². The van der Waals surface area contributed by atoms with Crippen molar-refractivity contribution < 1.29 is 14.6 Å². The fourth-order valence-corrected chi connectivity index (χ4v) is 5.15. The highest BCUT2D eigenvalue weighted by Gasteiger charge is 2.64. The van der Waals surface area contributed by atoms with Gasteiger partial charge in [0.1, 0.15) is 17.1 Å². The van der Waals surface area contributed by atoms with Gasteiger partial charge in [0.25, 0.3) is 5.69 Å². The van der Waals surface area contributed by atoms with Gasteiger partial charge in [-0.2, -0.15) is 5.10 Å². The molecular formula is C22H20N4O5. The van der Waals surface area contributed by atoms with Gasteiger partial charge in [0.15, 0.2) is 5.60 Å². The third-order valence-electron chi connectivity index (χ3n) is 6.49. The van der Waals surface area contributed by atoms with Gasteiger partial charge in [0.05, 0.1) is 15.9 Å². The summed E-state index contributed by atoms with van der Waals surface area (Å²) in [4.78, 5) is 21.2. The number of hydrazone groups is 1. The van der Waals surface area contributed by atoms with E-state index in [0.29, 0.717) is 5.71 Å². The van der Waals surface area contributed by atoms with E-state index in [1.807, 2.05) is 24.3 Å². The minimum atomic E-state index is -0.679. The van der Waals surface area contributed by atoms with Crippen LogP contribution in [0.5, 0.6) is 5.75 Å². The monoisotopic (exact) mass is 420 g/mol. The number of nitrogens with one attached hydrogen (secondary N) is 1. The van der Waals surface area contributed by atoms with Crippen LogP contribution in [0.3, 0.4) is 0 Å². The number of nitro benzene ring substituents is 2. The number of fused-ring (bicyclic) bond motifs is 3. The Morgan fingerprint density at radius 2 is 1.94 bits per heavy atom. The molecule has 0 saturated heterocycles. The van der Waals surface area contributed by atoms with Crippen LogP contribution in [0.1, 0.15) is 38.2 Å². The zero-order valence-electron chi connectivity index (χ0n) is 16.8. The molecule has 158 valence electrons. The molecule has 1 saturated carbocycles. The number of hydrogen-bond donors (Lipinski definition) is 1. The Kier molecular flexibility index (Phi) is 4.11. The fourth-order valence-electron chi connectivity index (χ4n) is 5.15. The molecule has 0 unspecified atom stereocenters. The summed E-state index contributed by atoms with van der Waals surface area (Å²) in [7, 11) is 0. The molecule has 0 radical (unpaired) electrons. The van der Waals surface area contributed by atoms with Gasteiger partial charge in [-0.25, -0.2) is 0 Å². The van der Waals surface area contributed by atoms with E-state index in [9.17, 15) is 20.2 Å². The molecule has 1 N–H and O–H groups in total. The molecule has 3 aliphatic rings. The number of nitro groups is 2. The summed E-state index contributed by atoms with van der Waals surface area (Å²) in [6, 6.07) is 11.1. The van der Waals surface area contributed by atoms with Crippen LogP contribution in [-0.4, -0.2) is 21.2 Å². The summed E-state index contributed by atoms with van der Waals surface area (Å²) < 4.78 is 6.43. The van der Waals surface area contributed by atoms with E-state index >= 15 is 0 Å². The lowest BCUT2D eigenvalue weighted by Gasteiger charge is -2.56. The predicted molar refractivity (Wildman–Crippen MR) is 114 cm³/mol. The molecule has 1 heterocycles. The minimum absolute atomic E-state index is 0.0699. The minimum Gasteiger partial charge on any atom is -0.476 e. The van der Waals surface area contributed by atoms with Crippen molar-refractivity contribution in [3.8, 4) is 5.75 Å². The Hall–Kier alpha value is -3.75. The summed E-state index contributed by atoms with van der Waals surface area (Å²) >= 11 is 0. The van der Waals surface area contributed by atoms with Gasteiger partial charge >= 0.3 is 5.69 Å². The SMILES string of the molecule is C[C@]12CCCC=C1[C@]1(C2)Oc2ccccc2/C1=N\Nc1ccc([N+](=O)[O-])cc1[N+](=O)[O-]. The van der Waals surface area contributed by atoms with Gasteiger partial charge in [-0.15, -0.1) is 0 Å². The Bertz CT molecular complexity index is 1190. The second kappa shape index (κ2) is 6.63. The first kappa shape index (κ1) is 19.2. The molecule has 9 heteroatoms. The molecule has 1 spiro atoms. The van der Waals surface area contributed by atoms with E-state index in [2.05, 4.69) is 23.5 Å². The van der Waals surface area contributed by atoms with E-state index in [4.69, 9.17) is 4.74 Å². The second-order valence-electron chi connectivity index (χ2n) is 8.46. The Morgan fingerprint density at radius 1 is 1.13 bits per heavy atom. The van der Waals surface area contributed by atoms with Gasteiger partial charge in [0.2, 0.25) is 0 Å². The van der Waals surface area contributed by atoms with Gasteiger partial charge in [-0.1, -0.05) is 25.1 Å². The summed E-state index contributed by atoms with van der Waals surface area (Å²) in [5.41, 5.74) is 4.24. The predicted octanol–water partition coefficient (Wildman–Crippen LogP) is 4.97. The normalized spacial score (nSPS) is 27.0. The number of benzene rings is 2. The van der Waals surface area contributed by atoms with Crippen LogP contribution in [0, 0.1) is 25.6 Å². The van der Waals surface area contributed by atoms with Crippen molar-refractivity contribution in [2.75, 3.05) is 5.43 Å². The topological polar surface area (TPSA) is 120 Å². The first-order valence-corrected chi connectivity index (χ1v) is 10.1. The first-order valence-electron chi connectivity index (χ1n) is 10.1. The van der Waals surface area contributed by atoms with Crippen molar-refractivity contribution >= 4 is 22.8 Å². The zero-order chi connectivity index (χ0) is 21.8. The maximum atomic E-state index is 11.5. The van der Waals surface area contributed by atoms with E-state index in [-0.39, 0.29) is 16.8 Å². The molecule has 1 fully saturated rings. The number of nitrogens with zero attached hydrogens (tertiary/aromatic N) is 3. The molecule has 2 aliphatic carbocycles. The molecule has 2 aromatic carbocycles. The maximum Gasteiger partial charge on any atom is 0.301 e. The highest BCUT2D eigenvalue weighted by atomic mass is 16.6. The van der Waals surface area contributed by atoms with Crippen molar-refractivity contribution in [3.63, 3.8) is 0 Å². The van der Waals surface area contributed by atoms with E-state index in [1.54, 1.807) is 0 Å².